The summed E-state index contributed by atoms with van der Waals surface area (Å²) in [5.74, 6) is 0.561. The lowest BCUT2D eigenvalue weighted by Gasteiger charge is -2.27. The first kappa shape index (κ1) is 19.6. The van der Waals surface area contributed by atoms with Crippen molar-refractivity contribution in [2.24, 2.45) is 0 Å². The van der Waals surface area contributed by atoms with Crippen molar-refractivity contribution in [3.63, 3.8) is 0 Å². The number of aryl methyl sites for hydroxylation is 2. The molecule has 1 fully saturated rings. The minimum atomic E-state index is -0.158. The summed E-state index contributed by atoms with van der Waals surface area (Å²) in [6.45, 7) is 4.54. The average Bonchev–Trinajstić information content (AvgIpc) is 2.74. The molecule has 7 nitrogen and oxygen atoms in total. The number of benzene rings is 1. The van der Waals surface area contributed by atoms with Crippen molar-refractivity contribution < 1.29 is 9.53 Å². The molecule has 2 aromatic rings. The lowest BCUT2D eigenvalue weighted by Crippen LogP contribution is -2.38. The Morgan fingerprint density at radius 1 is 1.31 bits per heavy atom. The van der Waals surface area contributed by atoms with Crippen LogP contribution >= 0.6 is 0 Å². The Kier molecular flexibility index (Phi) is 5.94. The molecule has 0 spiro atoms. The molecule has 1 aromatic heterocycles. The van der Waals surface area contributed by atoms with Crippen LogP contribution in [0.5, 0.6) is 0 Å². The third kappa shape index (κ3) is 4.50. The van der Waals surface area contributed by atoms with Gasteiger partial charge in [-0.3, -0.25) is 14.6 Å². The predicted molar refractivity (Wildman–Crippen MR) is 111 cm³/mol. The zero-order chi connectivity index (χ0) is 20.2. The number of carbonyl (C=O) groups excluding carboxylic acids is 1. The maximum Gasteiger partial charge on any atom is 0.255 e. The van der Waals surface area contributed by atoms with Crippen molar-refractivity contribution in [3.8, 4) is 0 Å². The van der Waals surface area contributed by atoms with Crippen LogP contribution in [-0.4, -0.2) is 42.2 Å². The maximum absolute atomic E-state index is 12.6. The number of carbonyl (C=O) groups is 1. The molecule has 1 unspecified atom stereocenters. The molecule has 154 valence electrons. The zero-order valence-electron chi connectivity index (χ0n) is 16.9. The van der Waals surface area contributed by atoms with Gasteiger partial charge in [0.15, 0.2) is 0 Å². The van der Waals surface area contributed by atoms with E-state index in [0.717, 1.165) is 19.3 Å². The van der Waals surface area contributed by atoms with Gasteiger partial charge >= 0.3 is 0 Å². The Hall–Kier alpha value is -2.67. The quantitative estimate of drug-likeness (QED) is 0.808. The fourth-order valence-corrected chi connectivity index (χ4v) is 4.22. The van der Waals surface area contributed by atoms with Gasteiger partial charge in [-0.15, -0.1) is 0 Å². The van der Waals surface area contributed by atoms with Crippen molar-refractivity contribution in [2.45, 2.75) is 45.1 Å². The first-order chi connectivity index (χ1) is 14.1. The molecule has 4 rings (SSSR count). The smallest absolute Gasteiger partial charge is 0.255 e. The number of hydrogen-bond donors (Lipinski definition) is 2. The molecule has 7 heteroatoms. The van der Waals surface area contributed by atoms with Gasteiger partial charge in [0.1, 0.15) is 0 Å². The standard InChI is InChI=1S/C22H28N4O3/c1-15-17(21(28)25-22(23-15)26-11-13-29-14-12-26)9-10-20(27)24-19-8-4-6-16-5-2-3-7-18(16)19/h2-3,5,7,19H,4,6,8-14H2,1H3,(H,24,27)(H,23,25,28). The first-order valence-electron chi connectivity index (χ1n) is 10.4. The number of aromatic nitrogens is 2. The SMILES string of the molecule is Cc1nc(N2CCOCC2)[nH]c(=O)c1CCC(=O)NC1CCCc2ccccc21. The molecule has 29 heavy (non-hydrogen) atoms. The fraction of sp³-hybridized carbons (Fsp3) is 0.500. The van der Waals surface area contributed by atoms with Gasteiger partial charge in [-0.2, -0.15) is 0 Å². The minimum Gasteiger partial charge on any atom is -0.378 e. The van der Waals surface area contributed by atoms with Crippen LogP contribution < -0.4 is 15.8 Å². The van der Waals surface area contributed by atoms with E-state index in [9.17, 15) is 9.59 Å². The number of nitrogens with one attached hydrogen (secondary N) is 2. The zero-order valence-corrected chi connectivity index (χ0v) is 16.9. The first-order valence-corrected chi connectivity index (χ1v) is 10.4. The second kappa shape index (κ2) is 8.78. The minimum absolute atomic E-state index is 0.0252. The average molecular weight is 396 g/mol. The fourth-order valence-electron chi connectivity index (χ4n) is 4.22. The van der Waals surface area contributed by atoms with Crippen molar-refractivity contribution in [1.82, 2.24) is 15.3 Å². The third-order valence-corrected chi connectivity index (χ3v) is 5.83. The summed E-state index contributed by atoms with van der Waals surface area (Å²) in [5.41, 5.74) is 3.65. The Morgan fingerprint density at radius 2 is 2.10 bits per heavy atom. The molecule has 1 atom stereocenters. The van der Waals surface area contributed by atoms with Gasteiger partial charge in [0.25, 0.3) is 5.56 Å². The highest BCUT2D eigenvalue weighted by molar-refractivity contribution is 5.76. The number of amides is 1. The van der Waals surface area contributed by atoms with Crippen LogP contribution in [0.2, 0.25) is 0 Å². The molecule has 1 aliphatic heterocycles. The van der Waals surface area contributed by atoms with E-state index >= 15 is 0 Å². The molecular weight excluding hydrogens is 368 g/mol. The van der Waals surface area contributed by atoms with Crippen LogP contribution in [0.4, 0.5) is 5.95 Å². The molecule has 1 aromatic carbocycles. The summed E-state index contributed by atoms with van der Waals surface area (Å²) in [6, 6.07) is 8.37. The molecule has 0 saturated carbocycles. The van der Waals surface area contributed by atoms with Crippen molar-refractivity contribution in [2.75, 3.05) is 31.2 Å². The summed E-state index contributed by atoms with van der Waals surface area (Å²) < 4.78 is 5.35. The van der Waals surface area contributed by atoms with E-state index in [1.54, 1.807) is 0 Å². The van der Waals surface area contributed by atoms with E-state index in [1.165, 1.54) is 11.1 Å². The van der Waals surface area contributed by atoms with Crippen LogP contribution in [0.15, 0.2) is 29.1 Å². The van der Waals surface area contributed by atoms with Crippen LogP contribution in [0.1, 0.15) is 47.7 Å². The topological polar surface area (TPSA) is 87.3 Å². The molecule has 0 radical (unpaired) electrons. The third-order valence-electron chi connectivity index (χ3n) is 5.83. The van der Waals surface area contributed by atoms with E-state index < -0.39 is 0 Å². The van der Waals surface area contributed by atoms with Gasteiger partial charge in [-0.1, -0.05) is 24.3 Å². The Balaban J connectivity index is 1.39. The number of ether oxygens (including phenoxy) is 1. The summed E-state index contributed by atoms with van der Waals surface area (Å²) in [6.07, 6.45) is 3.77. The highest BCUT2D eigenvalue weighted by Crippen LogP contribution is 2.29. The second-order valence-electron chi connectivity index (χ2n) is 7.76. The van der Waals surface area contributed by atoms with E-state index in [0.29, 0.717) is 49.9 Å². The second-order valence-corrected chi connectivity index (χ2v) is 7.76. The van der Waals surface area contributed by atoms with Crippen molar-refractivity contribution in [3.05, 3.63) is 57.0 Å². The van der Waals surface area contributed by atoms with E-state index in [2.05, 4.69) is 27.4 Å². The highest BCUT2D eigenvalue weighted by Gasteiger charge is 2.22. The Labute approximate surface area is 170 Å². The van der Waals surface area contributed by atoms with Crippen LogP contribution in [0.25, 0.3) is 0 Å². The molecule has 1 aliphatic carbocycles. The molecule has 1 saturated heterocycles. The van der Waals surface area contributed by atoms with E-state index in [1.807, 2.05) is 24.0 Å². The van der Waals surface area contributed by atoms with E-state index in [4.69, 9.17) is 4.74 Å². The van der Waals surface area contributed by atoms with Crippen LogP contribution in [0.3, 0.4) is 0 Å². The predicted octanol–water partition coefficient (Wildman–Crippen LogP) is 2.04. The normalized spacial score (nSPS) is 18.9. The van der Waals surface area contributed by atoms with Gasteiger partial charge in [0.2, 0.25) is 11.9 Å². The van der Waals surface area contributed by atoms with Gasteiger partial charge in [0.05, 0.1) is 19.3 Å². The van der Waals surface area contributed by atoms with E-state index in [-0.39, 0.29) is 23.9 Å². The van der Waals surface area contributed by atoms with Gasteiger partial charge in [-0.25, -0.2) is 4.98 Å². The summed E-state index contributed by atoms with van der Waals surface area (Å²) in [4.78, 5) is 34.6. The number of rotatable bonds is 5. The molecule has 2 aliphatic rings. The van der Waals surface area contributed by atoms with Crippen LogP contribution in [-0.2, 0) is 22.4 Å². The number of aromatic amines is 1. The number of nitrogens with zero attached hydrogens (tertiary/aromatic N) is 2. The molecule has 0 bridgehead atoms. The Morgan fingerprint density at radius 3 is 2.90 bits per heavy atom. The van der Waals surface area contributed by atoms with Gasteiger partial charge in [0, 0.05) is 30.8 Å². The maximum atomic E-state index is 12.6. The van der Waals surface area contributed by atoms with Crippen molar-refractivity contribution >= 4 is 11.9 Å². The van der Waals surface area contributed by atoms with Crippen molar-refractivity contribution in [1.29, 1.82) is 0 Å². The summed E-state index contributed by atoms with van der Waals surface area (Å²) in [5, 5.41) is 3.15. The number of morpholine rings is 1. The molecule has 2 heterocycles. The summed E-state index contributed by atoms with van der Waals surface area (Å²) >= 11 is 0. The number of H-pyrrole nitrogens is 1. The monoisotopic (exact) mass is 396 g/mol. The lowest BCUT2D eigenvalue weighted by molar-refractivity contribution is -0.121. The number of hydrogen-bond acceptors (Lipinski definition) is 5. The summed E-state index contributed by atoms with van der Waals surface area (Å²) in [7, 11) is 0. The molecular formula is C22H28N4O3. The van der Waals surface area contributed by atoms with Gasteiger partial charge in [-0.05, 0) is 43.7 Å². The molecule has 2 N–H and O–H groups in total. The Bertz CT molecular complexity index is 934. The van der Waals surface area contributed by atoms with Crippen LogP contribution in [0, 0.1) is 6.92 Å². The number of fused-ring (bicyclic) bond motifs is 1. The largest absolute Gasteiger partial charge is 0.378 e. The highest BCUT2D eigenvalue weighted by atomic mass is 16.5. The number of anilines is 1. The molecule has 1 amide bonds. The van der Waals surface area contributed by atoms with Gasteiger partial charge < -0.3 is 15.0 Å². The lowest BCUT2D eigenvalue weighted by atomic mass is 9.87.